The van der Waals surface area contributed by atoms with E-state index in [0.717, 1.165) is 25.7 Å². The van der Waals surface area contributed by atoms with Crippen LogP contribution in [0.5, 0.6) is 0 Å². The Morgan fingerprint density at radius 2 is 2.28 bits per heavy atom. The average Bonchev–Trinajstić information content (AvgIpc) is 2.73. The van der Waals surface area contributed by atoms with Crippen molar-refractivity contribution in [1.29, 1.82) is 0 Å². The summed E-state index contributed by atoms with van der Waals surface area (Å²) in [5.41, 5.74) is 8.40. The predicted octanol–water partition coefficient (Wildman–Crippen LogP) is 1.92. The van der Waals surface area contributed by atoms with Crippen molar-refractivity contribution in [2.24, 2.45) is 5.73 Å². The van der Waals surface area contributed by atoms with Crippen LogP contribution in [-0.2, 0) is 11.2 Å². The number of amides is 1. The highest BCUT2D eigenvalue weighted by Crippen LogP contribution is 2.17. The number of carbonyl (C=O) groups excluding carboxylic acids is 1. The molecule has 0 heterocycles. The van der Waals surface area contributed by atoms with Gasteiger partial charge in [-0.05, 0) is 38.2 Å². The van der Waals surface area contributed by atoms with Gasteiger partial charge in [-0.15, -0.1) is 0 Å². The molecule has 0 aliphatic heterocycles. The van der Waals surface area contributed by atoms with Crippen LogP contribution in [0.4, 0.5) is 0 Å². The van der Waals surface area contributed by atoms with E-state index in [2.05, 4.69) is 30.4 Å². The van der Waals surface area contributed by atoms with Gasteiger partial charge in [0.1, 0.15) is 0 Å². The van der Waals surface area contributed by atoms with Crippen molar-refractivity contribution in [3.63, 3.8) is 0 Å². The van der Waals surface area contributed by atoms with Crippen molar-refractivity contribution >= 4 is 5.91 Å². The van der Waals surface area contributed by atoms with Gasteiger partial charge in [0.2, 0.25) is 5.91 Å². The smallest absolute Gasteiger partial charge is 0.220 e. The van der Waals surface area contributed by atoms with E-state index in [9.17, 15) is 4.79 Å². The Bertz CT molecular complexity index is 417. The number of carbonyl (C=O) groups is 1. The molecule has 0 aromatic heterocycles. The lowest BCUT2D eigenvalue weighted by Crippen LogP contribution is -2.44. The van der Waals surface area contributed by atoms with Gasteiger partial charge in [-0.1, -0.05) is 29.8 Å². The van der Waals surface area contributed by atoms with Gasteiger partial charge in [-0.25, -0.2) is 0 Å². The number of nitrogens with one attached hydrogen (secondary N) is 1. The largest absolute Gasteiger partial charge is 0.352 e. The van der Waals surface area contributed by atoms with Gasteiger partial charge in [0.25, 0.3) is 0 Å². The van der Waals surface area contributed by atoms with E-state index in [0.29, 0.717) is 6.42 Å². The fourth-order valence-electron chi connectivity index (χ4n) is 2.57. The minimum Gasteiger partial charge on any atom is -0.352 e. The molecule has 0 spiro atoms. The van der Waals surface area contributed by atoms with Crippen LogP contribution in [-0.4, -0.2) is 18.0 Å². The fourth-order valence-corrected chi connectivity index (χ4v) is 2.57. The van der Waals surface area contributed by atoms with Crippen LogP contribution in [0.15, 0.2) is 24.3 Å². The summed E-state index contributed by atoms with van der Waals surface area (Å²) in [7, 11) is 0. The first-order valence-electron chi connectivity index (χ1n) is 6.75. The van der Waals surface area contributed by atoms with E-state index >= 15 is 0 Å². The van der Waals surface area contributed by atoms with Gasteiger partial charge in [0.05, 0.1) is 0 Å². The third-order valence-corrected chi connectivity index (χ3v) is 3.64. The maximum absolute atomic E-state index is 11.8. The first kappa shape index (κ1) is 13.1. The molecule has 1 aromatic rings. The molecule has 3 N–H and O–H groups in total. The predicted molar refractivity (Wildman–Crippen MR) is 73.3 cm³/mol. The molecule has 1 saturated carbocycles. The molecule has 2 rings (SSSR count). The van der Waals surface area contributed by atoms with E-state index in [1.807, 2.05) is 6.07 Å². The molecule has 98 valence electrons. The molecule has 3 nitrogen and oxygen atoms in total. The number of rotatable bonds is 4. The molecule has 0 radical (unpaired) electrons. The summed E-state index contributed by atoms with van der Waals surface area (Å²) in [6.45, 7) is 2.07. The first-order chi connectivity index (χ1) is 8.65. The minimum atomic E-state index is 0.124. The third kappa shape index (κ3) is 3.57. The molecule has 1 aliphatic rings. The average molecular weight is 246 g/mol. The van der Waals surface area contributed by atoms with Crippen LogP contribution >= 0.6 is 0 Å². The number of nitrogens with two attached hydrogens (primary N) is 1. The SMILES string of the molecule is Cc1cccc(CCC(=O)NC2CCCC2N)c1. The quantitative estimate of drug-likeness (QED) is 0.853. The molecular formula is C15H22N2O. The summed E-state index contributed by atoms with van der Waals surface area (Å²) in [6, 6.07) is 8.65. The lowest BCUT2D eigenvalue weighted by molar-refractivity contribution is -0.121. The Morgan fingerprint density at radius 3 is 2.94 bits per heavy atom. The van der Waals surface area contributed by atoms with E-state index in [1.54, 1.807) is 0 Å². The second-order valence-electron chi connectivity index (χ2n) is 5.26. The van der Waals surface area contributed by atoms with E-state index in [4.69, 9.17) is 5.73 Å². The number of benzene rings is 1. The highest BCUT2D eigenvalue weighted by atomic mass is 16.1. The third-order valence-electron chi connectivity index (χ3n) is 3.64. The zero-order valence-electron chi connectivity index (χ0n) is 11.0. The van der Waals surface area contributed by atoms with Crippen molar-refractivity contribution < 1.29 is 4.79 Å². The molecule has 0 saturated heterocycles. The van der Waals surface area contributed by atoms with Crippen LogP contribution in [0.2, 0.25) is 0 Å². The summed E-state index contributed by atoms with van der Waals surface area (Å²) in [4.78, 5) is 11.8. The van der Waals surface area contributed by atoms with Crippen LogP contribution in [0.1, 0.15) is 36.8 Å². The maximum Gasteiger partial charge on any atom is 0.220 e. The molecular weight excluding hydrogens is 224 g/mol. The minimum absolute atomic E-state index is 0.124. The van der Waals surface area contributed by atoms with Crippen LogP contribution in [0, 0.1) is 6.92 Å². The number of aryl methyl sites for hydroxylation is 2. The molecule has 1 aromatic carbocycles. The summed E-state index contributed by atoms with van der Waals surface area (Å²) in [6.07, 6.45) is 4.53. The lowest BCUT2D eigenvalue weighted by atomic mass is 10.1. The second-order valence-corrected chi connectivity index (χ2v) is 5.26. The van der Waals surface area contributed by atoms with Gasteiger partial charge in [-0.2, -0.15) is 0 Å². The fraction of sp³-hybridized carbons (Fsp3) is 0.533. The van der Waals surface area contributed by atoms with Gasteiger partial charge >= 0.3 is 0 Å². The Labute approximate surface area is 109 Å². The normalized spacial score (nSPS) is 23.0. The van der Waals surface area contributed by atoms with Crippen molar-refractivity contribution in [3.8, 4) is 0 Å². The van der Waals surface area contributed by atoms with Crippen LogP contribution < -0.4 is 11.1 Å². The van der Waals surface area contributed by atoms with Crippen molar-refractivity contribution in [2.75, 3.05) is 0 Å². The van der Waals surface area contributed by atoms with Crippen molar-refractivity contribution in [3.05, 3.63) is 35.4 Å². The highest BCUT2D eigenvalue weighted by Gasteiger charge is 2.24. The highest BCUT2D eigenvalue weighted by molar-refractivity contribution is 5.76. The van der Waals surface area contributed by atoms with E-state index in [-0.39, 0.29) is 18.0 Å². The summed E-state index contributed by atoms with van der Waals surface area (Å²) < 4.78 is 0. The topological polar surface area (TPSA) is 55.1 Å². The van der Waals surface area contributed by atoms with Crippen LogP contribution in [0.25, 0.3) is 0 Å². The van der Waals surface area contributed by atoms with Crippen molar-refractivity contribution in [1.82, 2.24) is 5.32 Å². The molecule has 18 heavy (non-hydrogen) atoms. The summed E-state index contributed by atoms with van der Waals surface area (Å²) >= 11 is 0. The molecule has 0 bridgehead atoms. The standard InChI is InChI=1S/C15H22N2O/c1-11-4-2-5-12(10-11)8-9-15(18)17-14-7-3-6-13(14)16/h2,4-5,10,13-14H,3,6-9,16H2,1H3,(H,17,18). The number of hydrogen-bond donors (Lipinski definition) is 2. The lowest BCUT2D eigenvalue weighted by Gasteiger charge is -2.17. The Hall–Kier alpha value is -1.35. The van der Waals surface area contributed by atoms with Crippen LogP contribution in [0.3, 0.4) is 0 Å². The Balaban J connectivity index is 1.78. The second kappa shape index (κ2) is 6.01. The molecule has 3 heteroatoms. The zero-order valence-corrected chi connectivity index (χ0v) is 11.0. The number of hydrogen-bond acceptors (Lipinski definition) is 2. The Kier molecular flexibility index (Phi) is 4.37. The first-order valence-corrected chi connectivity index (χ1v) is 6.75. The van der Waals surface area contributed by atoms with Gasteiger partial charge in [-0.3, -0.25) is 4.79 Å². The molecule has 1 amide bonds. The Morgan fingerprint density at radius 1 is 1.44 bits per heavy atom. The van der Waals surface area contributed by atoms with E-state index in [1.165, 1.54) is 11.1 Å². The van der Waals surface area contributed by atoms with Gasteiger partial charge in [0.15, 0.2) is 0 Å². The molecule has 2 unspecified atom stereocenters. The molecule has 2 atom stereocenters. The monoisotopic (exact) mass is 246 g/mol. The summed E-state index contributed by atoms with van der Waals surface area (Å²) in [5.74, 6) is 0.124. The maximum atomic E-state index is 11.8. The molecule has 1 fully saturated rings. The van der Waals surface area contributed by atoms with E-state index < -0.39 is 0 Å². The zero-order chi connectivity index (χ0) is 13.0. The molecule has 1 aliphatic carbocycles. The van der Waals surface area contributed by atoms with Crippen molar-refractivity contribution in [2.45, 2.75) is 51.1 Å². The van der Waals surface area contributed by atoms with Gasteiger partial charge < -0.3 is 11.1 Å². The van der Waals surface area contributed by atoms with Gasteiger partial charge in [0, 0.05) is 18.5 Å². The summed E-state index contributed by atoms with van der Waals surface area (Å²) in [5, 5.41) is 3.05.